The normalized spacial score (nSPS) is 24.8. The quantitative estimate of drug-likeness (QED) is 0.847. The lowest BCUT2D eigenvalue weighted by atomic mass is 9.90. The van der Waals surface area contributed by atoms with Crippen LogP contribution in [0.25, 0.3) is 0 Å². The Morgan fingerprint density at radius 3 is 2.53 bits per heavy atom. The first kappa shape index (κ1) is 11.5. The molecule has 0 spiro atoms. The predicted molar refractivity (Wildman–Crippen MR) is 65.8 cm³/mol. The van der Waals surface area contributed by atoms with Crippen molar-refractivity contribution in [1.82, 2.24) is 0 Å². The van der Waals surface area contributed by atoms with Crippen LogP contribution in [0.2, 0.25) is 10.0 Å². The van der Waals surface area contributed by atoms with Crippen molar-refractivity contribution in [3.05, 3.63) is 26.7 Å². The van der Waals surface area contributed by atoms with Crippen LogP contribution in [-0.2, 0) is 0 Å². The van der Waals surface area contributed by atoms with E-state index in [9.17, 15) is 0 Å². The Balaban J connectivity index is 2.11. The second-order valence-corrected chi connectivity index (χ2v) is 5.34. The molecule has 0 saturated heterocycles. The van der Waals surface area contributed by atoms with Gasteiger partial charge in [-0.3, -0.25) is 0 Å². The van der Waals surface area contributed by atoms with Crippen molar-refractivity contribution in [2.75, 3.05) is 0 Å². The maximum atomic E-state index is 6.02. The van der Waals surface area contributed by atoms with Crippen molar-refractivity contribution in [3.63, 3.8) is 0 Å². The SMILES string of the molecule is NC1CC(Oc2cc(Cl)c(Br)cc2Cl)C1. The van der Waals surface area contributed by atoms with E-state index in [4.69, 9.17) is 33.7 Å². The van der Waals surface area contributed by atoms with Gasteiger partial charge in [-0.25, -0.2) is 0 Å². The summed E-state index contributed by atoms with van der Waals surface area (Å²) in [6.45, 7) is 0. The zero-order valence-electron chi connectivity index (χ0n) is 7.84. The van der Waals surface area contributed by atoms with Crippen LogP contribution in [0.5, 0.6) is 5.75 Å². The van der Waals surface area contributed by atoms with Crippen molar-refractivity contribution in [3.8, 4) is 5.75 Å². The Kier molecular flexibility index (Phi) is 3.45. The Hall–Kier alpha value is 0.0400. The first-order valence-corrected chi connectivity index (χ1v) is 6.18. The smallest absolute Gasteiger partial charge is 0.139 e. The molecule has 0 radical (unpaired) electrons. The second kappa shape index (κ2) is 4.50. The fourth-order valence-electron chi connectivity index (χ4n) is 1.48. The summed E-state index contributed by atoms with van der Waals surface area (Å²) in [7, 11) is 0. The Labute approximate surface area is 107 Å². The first-order chi connectivity index (χ1) is 7.06. The molecule has 0 atom stereocenters. The molecule has 5 heteroatoms. The van der Waals surface area contributed by atoms with Crippen LogP contribution in [0.3, 0.4) is 0 Å². The van der Waals surface area contributed by atoms with Crippen LogP contribution in [0.1, 0.15) is 12.8 Å². The van der Waals surface area contributed by atoms with Gasteiger partial charge in [0.2, 0.25) is 0 Å². The molecule has 0 aliphatic heterocycles. The van der Waals surface area contributed by atoms with Crippen LogP contribution in [0.15, 0.2) is 16.6 Å². The first-order valence-electron chi connectivity index (χ1n) is 4.63. The van der Waals surface area contributed by atoms with Crippen molar-refractivity contribution in [2.45, 2.75) is 25.0 Å². The van der Waals surface area contributed by atoms with Gasteiger partial charge in [0, 0.05) is 16.6 Å². The fraction of sp³-hybridized carbons (Fsp3) is 0.400. The van der Waals surface area contributed by atoms with E-state index in [2.05, 4.69) is 15.9 Å². The van der Waals surface area contributed by atoms with Crippen LogP contribution < -0.4 is 10.5 Å². The minimum absolute atomic E-state index is 0.176. The number of halogens is 3. The highest BCUT2D eigenvalue weighted by molar-refractivity contribution is 9.10. The van der Waals surface area contributed by atoms with Gasteiger partial charge in [-0.05, 0) is 34.8 Å². The number of hydrogen-bond acceptors (Lipinski definition) is 2. The molecule has 2 nitrogen and oxygen atoms in total. The summed E-state index contributed by atoms with van der Waals surface area (Å²) in [5.41, 5.74) is 5.67. The lowest BCUT2D eigenvalue weighted by molar-refractivity contribution is 0.101. The highest BCUT2D eigenvalue weighted by Gasteiger charge is 2.28. The molecule has 2 N–H and O–H groups in total. The maximum absolute atomic E-state index is 6.02. The molecule has 0 unspecified atom stereocenters. The van der Waals surface area contributed by atoms with Crippen LogP contribution in [0.4, 0.5) is 0 Å². The minimum Gasteiger partial charge on any atom is -0.489 e. The Bertz CT molecular complexity index is 380. The van der Waals surface area contributed by atoms with Crippen molar-refractivity contribution < 1.29 is 4.74 Å². The molecule has 15 heavy (non-hydrogen) atoms. The van der Waals surface area contributed by atoms with Gasteiger partial charge in [-0.15, -0.1) is 0 Å². The molecule has 1 aliphatic carbocycles. The molecule has 0 amide bonds. The van der Waals surface area contributed by atoms with Crippen molar-refractivity contribution in [2.24, 2.45) is 5.73 Å². The topological polar surface area (TPSA) is 35.2 Å². The Morgan fingerprint density at radius 2 is 1.93 bits per heavy atom. The van der Waals surface area contributed by atoms with Gasteiger partial charge in [0.05, 0.1) is 10.0 Å². The van der Waals surface area contributed by atoms with Gasteiger partial charge in [-0.1, -0.05) is 23.2 Å². The molecule has 82 valence electrons. The molecule has 1 aromatic carbocycles. The number of hydrogen-bond donors (Lipinski definition) is 1. The average Bonchev–Trinajstić information content (AvgIpc) is 2.11. The number of nitrogens with two attached hydrogens (primary N) is 1. The molecule has 1 saturated carbocycles. The summed E-state index contributed by atoms with van der Waals surface area (Å²) in [5.74, 6) is 0.627. The van der Waals surface area contributed by atoms with Gasteiger partial charge >= 0.3 is 0 Å². The van der Waals surface area contributed by atoms with Gasteiger partial charge in [-0.2, -0.15) is 0 Å². The molecular formula is C10H10BrCl2NO. The maximum Gasteiger partial charge on any atom is 0.139 e. The third kappa shape index (κ3) is 2.59. The number of benzene rings is 1. The zero-order valence-corrected chi connectivity index (χ0v) is 10.9. The van der Waals surface area contributed by atoms with Gasteiger partial charge < -0.3 is 10.5 Å². The summed E-state index contributed by atoms with van der Waals surface area (Å²) in [5, 5.41) is 1.16. The monoisotopic (exact) mass is 309 g/mol. The van der Waals surface area contributed by atoms with E-state index in [1.165, 1.54) is 0 Å². The molecule has 2 rings (SSSR count). The number of rotatable bonds is 2. The second-order valence-electron chi connectivity index (χ2n) is 3.67. The zero-order chi connectivity index (χ0) is 11.0. The highest BCUT2D eigenvalue weighted by atomic mass is 79.9. The van der Waals surface area contributed by atoms with E-state index in [0.717, 1.165) is 17.3 Å². The summed E-state index contributed by atoms with van der Waals surface area (Å²) in [6.07, 6.45) is 1.93. The van der Waals surface area contributed by atoms with E-state index in [1.807, 2.05) is 0 Å². The summed E-state index contributed by atoms with van der Waals surface area (Å²) < 4.78 is 6.44. The van der Waals surface area contributed by atoms with E-state index < -0.39 is 0 Å². The summed E-state index contributed by atoms with van der Waals surface area (Å²) in [6, 6.07) is 3.72. The van der Waals surface area contributed by atoms with Crippen molar-refractivity contribution >= 4 is 39.1 Å². The van der Waals surface area contributed by atoms with E-state index >= 15 is 0 Å². The largest absolute Gasteiger partial charge is 0.489 e. The summed E-state index contributed by atoms with van der Waals surface area (Å²) in [4.78, 5) is 0. The lowest BCUT2D eigenvalue weighted by Crippen LogP contribution is -2.43. The van der Waals surface area contributed by atoms with E-state index in [1.54, 1.807) is 12.1 Å². The standard InChI is InChI=1S/C10H10BrCl2NO/c11-7-3-9(13)10(4-8(7)12)15-6-1-5(14)2-6/h3-6H,1-2,14H2. The van der Waals surface area contributed by atoms with Gasteiger partial charge in [0.15, 0.2) is 0 Å². The molecule has 1 aromatic rings. The van der Waals surface area contributed by atoms with Crippen LogP contribution >= 0.6 is 39.1 Å². The fourth-order valence-corrected chi connectivity index (χ4v) is 2.31. The minimum atomic E-state index is 0.176. The highest BCUT2D eigenvalue weighted by Crippen LogP contribution is 2.36. The third-order valence-electron chi connectivity index (χ3n) is 2.40. The Morgan fingerprint density at radius 1 is 1.27 bits per heavy atom. The molecule has 1 fully saturated rings. The molecule has 0 bridgehead atoms. The average molecular weight is 311 g/mol. The van der Waals surface area contributed by atoms with Crippen LogP contribution in [0, 0.1) is 0 Å². The lowest BCUT2D eigenvalue weighted by Gasteiger charge is -2.32. The predicted octanol–water partition coefficient (Wildman–Crippen LogP) is 3.62. The van der Waals surface area contributed by atoms with Crippen LogP contribution in [-0.4, -0.2) is 12.1 Å². The molecule has 0 aromatic heterocycles. The van der Waals surface area contributed by atoms with E-state index in [0.29, 0.717) is 15.8 Å². The number of ether oxygens (including phenoxy) is 1. The van der Waals surface area contributed by atoms with Gasteiger partial charge in [0.25, 0.3) is 0 Å². The molecular weight excluding hydrogens is 301 g/mol. The van der Waals surface area contributed by atoms with Gasteiger partial charge in [0.1, 0.15) is 11.9 Å². The van der Waals surface area contributed by atoms with E-state index in [-0.39, 0.29) is 12.1 Å². The molecule has 1 aliphatic rings. The molecule has 0 heterocycles. The third-order valence-corrected chi connectivity index (χ3v) is 3.89. The van der Waals surface area contributed by atoms with Crippen molar-refractivity contribution in [1.29, 1.82) is 0 Å². The summed E-state index contributed by atoms with van der Waals surface area (Å²) >= 11 is 15.3.